The van der Waals surface area contributed by atoms with E-state index < -0.39 is 0 Å². The monoisotopic (exact) mass is 231 g/mol. The number of aliphatic hydroxyl groups excluding tert-OH is 1. The Hall–Kier alpha value is -0.890. The fraction of sp³-hybridized carbons (Fsp3) is 0.667. The zero-order valence-electron chi connectivity index (χ0n) is 10.4. The van der Waals surface area contributed by atoms with Crippen molar-refractivity contribution < 1.29 is 5.11 Å². The van der Waals surface area contributed by atoms with Gasteiger partial charge in [-0.25, -0.2) is 0 Å². The molecule has 2 bridgehead atoms. The molecule has 2 fully saturated rings. The predicted octanol–water partition coefficient (Wildman–Crippen LogP) is 2.98. The lowest BCUT2D eigenvalue weighted by molar-refractivity contribution is 0.0548. The van der Waals surface area contributed by atoms with Crippen LogP contribution >= 0.6 is 0 Å². The first-order valence-electron chi connectivity index (χ1n) is 6.84. The number of aliphatic hydroxyl groups is 1. The molecule has 2 saturated carbocycles. The van der Waals surface area contributed by atoms with Crippen LogP contribution in [0.25, 0.3) is 0 Å². The van der Waals surface area contributed by atoms with Gasteiger partial charge in [-0.05, 0) is 49.1 Å². The van der Waals surface area contributed by atoms with Crippen LogP contribution in [0, 0.1) is 17.8 Å². The first-order valence-corrected chi connectivity index (χ1v) is 6.84. The summed E-state index contributed by atoms with van der Waals surface area (Å²) in [5, 5.41) is 10.6. The summed E-state index contributed by atoms with van der Waals surface area (Å²) in [7, 11) is 0. The molecule has 1 aromatic heterocycles. The van der Waals surface area contributed by atoms with Crippen LogP contribution < -0.4 is 0 Å². The van der Waals surface area contributed by atoms with Gasteiger partial charge >= 0.3 is 0 Å². The molecule has 5 unspecified atom stereocenters. The molecule has 0 radical (unpaired) electrons. The largest absolute Gasteiger partial charge is 0.392 e. The fourth-order valence-electron chi connectivity index (χ4n) is 3.90. The van der Waals surface area contributed by atoms with Crippen molar-refractivity contribution in [3.8, 4) is 0 Å². The maximum absolute atomic E-state index is 10.6. The highest BCUT2D eigenvalue weighted by Crippen LogP contribution is 2.51. The van der Waals surface area contributed by atoms with Gasteiger partial charge in [-0.2, -0.15) is 0 Å². The van der Waals surface area contributed by atoms with Crippen LogP contribution in [-0.4, -0.2) is 16.2 Å². The summed E-state index contributed by atoms with van der Waals surface area (Å²) in [5.41, 5.74) is 1.03. The topological polar surface area (TPSA) is 33.1 Å². The van der Waals surface area contributed by atoms with E-state index in [1.165, 1.54) is 25.7 Å². The maximum Gasteiger partial charge on any atom is 0.0652 e. The Morgan fingerprint density at radius 3 is 2.76 bits per heavy atom. The van der Waals surface area contributed by atoms with Crippen LogP contribution in [0.4, 0.5) is 0 Å². The number of aromatic nitrogens is 1. The van der Waals surface area contributed by atoms with Gasteiger partial charge in [0.05, 0.1) is 6.10 Å². The molecule has 92 valence electrons. The number of nitrogens with zero attached hydrogens (tertiary/aromatic N) is 1. The van der Waals surface area contributed by atoms with Crippen molar-refractivity contribution >= 4 is 0 Å². The van der Waals surface area contributed by atoms with Crippen LogP contribution in [0.5, 0.6) is 0 Å². The van der Waals surface area contributed by atoms with Gasteiger partial charge in [-0.3, -0.25) is 4.98 Å². The van der Waals surface area contributed by atoms with Crippen LogP contribution in [0.3, 0.4) is 0 Å². The normalized spacial score (nSPS) is 34.8. The van der Waals surface area contributed by atoms with E-state index in [0.717, 1.165) is 17.5 Å². The molecule has 1 aromatic rings. The molecular weight excluding hydrogens is 210 g/mol. The lowest BCUT2D eigenvalue weighted by Gasteiger charge is -2.30. The Bertz CT molecular complexity index is 378. The smallest absolute Gasteiger partial charge is 0.0652 e. The highest BCUT2D eigenvalue weighted by molar-refractivity contribution is 5.11. The quantitative estimate of drug-likeness (QED) is 0.867. The number of rotatable bonds is 3. The molecule has 0 saturated heterocycles. The average molecular weight is 231 g/mol. The van der Waals surface area contributed by atoms with Crippen LogP contribution in [0.15, 0.2) is 24.4 Å². The van der Waals surface area contributed by atoms with Gasteiger partial charge in [-0.15, -0.1) is 0 Å². The minimum absolute atomic E-state index is 0.167. The van der Waals surface area contributed by atoms with Gasteiger partial charge < -0.3 is 5.11 Å². The van der Waals surface area contributed by atoms with Gasteiger partial charge in [0.1, 0.15) is 0 Å². The molecule has 0 amide bonds. The standard InChI is InChI=1S/C15H21NO/c1-10(14-4-2-3-7-16-14)15(17)13-9-11-5-6-12(13)8-11/h2-4,7,10-13,15,17H,5-6,8-9H2,1H3. The van der Waals surface area contributed by atoms with Crippen molar-refractivity contribution in [2.75, 3.05) is 0 Å². The van der Waals surface area contributed by atoms with E-state index in [1.807, 2.05) is 24.4 Å². The summed E-state index contributed by atoms with van der Waals surface area (Å²) >= 11 is 0. The molecule has 5 atom stereocenters. The molecule has 2 nitrogen and oxygen atoms in total. The molecule has 0 aliphatic heterocycles. The van der Waals surface area contributed by atoms with E-state index in [9.17, 15) is 5.11 Å². The van der Waals surface area contributed by atoms with E-state index in [0.29, 0.717) is 5.92 Å². The SMILES string of the molecule is CC(c1ccccn1)C(O)C1CC2CCC1C2. The molecule has 2 aliphatic carbocycles. The summed E-state index contributed by atoms with van der Waals surface area (Å²) in [5.74, 6) is 2.36. The molecule has 0 aromatic carbocycles. The summed E-state index contributed by atoms with van der Waals surface area (Å²) < 4.78 is 0. The van der Waals surface area contributed by atoms with Crippen molar-refractivity contribution in [3.63, 3.8) is 0 Å². The zero-order chi connectivity index (χ0) is 11.8. The number of pyridine rings is 1. The highest BCUT2D eigenvalue weighted by Gasteiger charge is 2.44. The van der Waals surface area contributed by atoms with E-state index in [-0.39, 0.29) is 12.0 Å². The van der Waals surface area contributed by atoms with Crippen LogP contribution in [0.2, 0.25) is 0 Å². The highest BCUT2D eigenvalue weighted by atomic mass is 16.3. The Morgan fingerprint density at radius 1 is 1.29 bits per heavy atom. The summed E-state index contributed by atoms with van der Waals surface area (Å²) in [6, 6.07) is 5.97. The van der Waals surface area contributed by atoms with E-state index in [4.69, 9.17) is 0 Å². The Kier molecular flexibility index (Phi) is 2.91. The summed E-state index contributed by atoms with van der Waals surface area (Å²) in [6.45, 7) is 2.11. The van der Waals surface area contributed by atoms with E-state index in [1.54, 1.807) is 0 Å². The Balaban J connectivity index is 1.72. The molecule has 1 heterocycles. The zero-order valence-corrected chi connectivity index (χ0v) is 10.4. The van der Waals surface area contributed by atoms with E-state index in [2.05, 4.69) is 11.9 Å². The average Bonchev–Trinajstić information content (AvgIpc) is 3.00. The van der Waals surface area contributed by atoms with Gasteiger partial charge in [-0.1, -0.05) is 19.4 Å². The van der Waals surface area contributed by atoms with Gasteiger partial charge in [0.2, 0.25) is 0 Å². The Morgan fingerprint density at radius 2 is 2.18 bits per heavy atom. The van der Waals surface area contributed by atoms with Crippen molar-refractivity contribution in [1.29, 1.82) is 0 Å². The molecule has 3 rings (SSSR count). The third-order valence-corrected chi connectivity index (χ3v) is 4.90. The van der Waals surface area contributed by atoms with Crippen molar-refractivity contribution in [2.45, 2.75) is 44.6 Å². The molecule has 2 heteroatoms. The second-order valence-electron chi connectivity index (χ2n) is 5.87. The van der Waals surface area contributed by atoms with Gasteiger partial charge in [0, 0.05) is 17.8 Å². The van der Waals surface area contributed by atoms with Crippen molar-refractivity contribution in [2.24, 2.45) is 17.8 Å². The summed E-state index contributed by atoms with van der Waals surface area (Å²) in [6.07, 6.45) is 6.94. The number of fused-ring (bicyclic) bond motifs is 2. The summed E-state index contributed by atoms with van der Waals surface area (Å²) in [4.78, 5) is 4.37. The molecule has 2 aliphatic rings. The lowest BCUT2D eigenvalue weighted by Crippen LogP contribution is -2.30. The van der Waals surface area contributed by atoms with Gasteiger partial charge in [0.25, 0.3) is 0 Å². The van der Waals surface area contributed by atoms with Crippen molar-refractivity contribution in [1.82, 2.24) is 4.98 Å². The van der Waals surface area contributed by atoms with Crippen molar-refractivity contribution in [3.05, 3.63) is 30.1 Å². The number of hydrogen-bond donors (Lipinski definition) is 1. The first-order chi connectivity index (χ1) is 8.25. The third-order valence-electron chi connectivity index (χ3n) is 4.90. The maximum atomic E-state index is 10.6. The second-order valence-corrected chi connectivity index (χ2v) is 5.87. The Labute approximate surface area is 103 Å². The van der Waals surface area contributed by atoms with Crippen LogP contribution in [0.1, 0.15) is 44.2 Å². The minimum Gasteiger partial charge on any atom is -0.392 e. The third kappa shape index (κ3) is 1.99. The minimum atomic E-state index is -0.208. The fourth-order valence-corrected chi connectivity index (χ4v) is 3.90. The predicted molar refractivity (Wildman–Crippen MR) is 67.6 cm³/mol. The molecule has 17 heavy (non-hydrogen) atoms. The molecule has 1 N–H and O–H groups in total. The van der Waals surface area contributed by atoms with Gasteiger partial charge in [0.15, 0.2) is 0 Å². The van der Waals surface area contributed by atoms with E-state index >= 15 is 0 Å². The van der Waals surface area contributed by atoms with Crippen LogP contribution in [-0.2, 0) is 0 Å². The number of hydrogen-bond acceptors (Lipinski definition) is 2. The lowest BCUT2D eigenvalue weighted by atomic mass is 9.79. The molecule has 0 spiro atoms. The molecular formula is C15H21NO. The second kappa shape index (κ2) is 4.41. The first kappa shape index (κ1) is 11.2.